The molecule has 0 aromatic heterocycles. The molecule has 0 aromatic rings. The van der Waals surface area contributed by atoms with E-state index in [2.05, 4.69) is 10.0 Å². The maximum Gasteiger partial charge on any atom is 0.323 e. The van der Waals surface area contributed by atoms with Gasteiger partial charge in [0.15, 0.2) is 0 Å². The maximum absolute atomic E-state index is 9.44. The summed E-state index contributed by atoms with van der Waals surface area (Å²) in [5.74, 6) is 0. The van der Waals surface area contributed by atoms with Crippen LogP contribution in [0.5, 0.6) is 0 Å². The van der Waals surface area contributed by atoms with Crippen LogP contribution in [0.25, 0.3) is 0 Å². The maximum atomic E-state index is 9.44. The first-order valence-electron chi connectivity index (χ1n) is 1.84. The van der Waals surface area contributed by atoms with Crippen LogP contribution in [0.4, 0.5) is 0 Å². The first-order chi connectivity index (χ1) is 4.13. The molecule has 58 valence electrons. The Labute approximate surface area is 53.5 Å². The first kappa shape index (κ1) is 12.0. The molecule has 0 aliphatic heterocycles. The molecule has 0 rings (SSSR count). The second-order valence-corrected chi connectivity index (χ2v) is 2.51. The van der Waals surface area contributed by atoms with Crippen LogP contribution in [0.15, 0.2) is 0 Å². The van der Waals surface area contributed by atoms with Gasteiger partial charge in [0.1, 0.15) is 0 Å². The summed E-state index contributed by atoms with van der Waals surface area (Å²) in [6.07, 6.45) is 0. The molecule has 0 spiro atoms. The third kappa shape index (κ3) is 17.8. The highest BCUT2D eigenvalue weighted by molar-refractivity contribution is 7.46. The molecule has 2 atom stereocenters. The number of nitrogens with two attached hydrogens (primary N) is 1. The van der Waals surface area contributed by atoms with E-state index in [1.165, 1.54) is 7.05 Å². The molecule has 0 bridgehead atoms. The zero-order valence-corrected chi connectivity index (χ0v) is 6.70. The predicted molar refractivity (Wildman–Crippen MR) is 33.6 cm³/mol. The van der Waals surface area contributed by atoms with Gasteiger partial charge in [0.05, 0.1) is 0 Å². The van der Waals surface area contributed by atoms with Gasteiger partial charge in [-0.05, 0) is 7.05 Å². The number of hydrogen-bond acceptors (Lipinski definition) is 4. The summed E-state index contributed by atoms with van der Waals surface area (Å²) in [7, 11) is -4.90. The van der Waals surface area contributed by atoms with E-state index in [9.17, 15) is 9.13 Å². The van der Waals surface area contributed by atoms with Crippen molar-refractivity contribution < 1.29 is 23.2 Å². The molecule has 6 nitrogen and oxygen atoms in total. The molecule has 0 amide bonds. The standard InChI is InChI=1S/CH5N.H4O5P2/c1-2;1-6(2)5-7(3)4/h2H2,1H3;6-7H,(H,1,2)(H,3,4). The van der Waals surface area contributed by atoms with Crippen LogP contribution >= 0.6 is 16.5 Å². The van der Waals surface area contributed by atoms with Gasteiger partial charge in [0.25, 0.3) is 0 Å². The fourth-order valence-corrected chi connectivity index (χ4v) is 0.672. The van der Waals surface area contributed by atoms with E-state index in [4.69, 9.17) is 9.79 Å². The van der Waals surface area contributed by atoms with Crippen LogP contribution in [0.1, 0.15) is 0 Å². The zero-order valence-electron chi connectivity index (χ0n) is 4.70. The van der Waals surface area contributed by atoms with Crippen molar-refractivity contribution in [2.24, 2.45) is 5.73 Å². The lowest BCUT2D eigenvalue weighted by atomic mass is 11.6. The predicted octanol–water partition coefficient (Wildman–Crippen LogP) is -0.658. The Morgan fingerprint density at radius 2 is 1.44 bits per heavy atom. The van der Waals surface area contributed by atoms with E-state index in [-0.39, 0.29) is 0 Å². The van der Waals surface area contributed by atoms with Gasteiger partial charge in [-0.3, -0.25) is 9.13 Å². The minimum atomic E-state index is -3.20. The summed E-state index contributed by atoms with van der Waals surface area (Å²) in [5.41, 5.74) is 4.50. The fourth-order valence-electron chi connectivity index (χ4n) is 0.0747. The van der Waals surface area contributed by atoms with Crippen LogP contribution in [0, 0.1) is 0 Å². The van der Waals surface area contributed by atoms with E-state index < -0.39 is 16.5 Å². The summed E-state index contributed by atoms with van der Waals surface area (Å²) < 4.78 is 22.3. The molecule has 0 aliphatic rings. The van der Waals surface area contributed by atoms with Crippen LogP contribution in [0.3, 0.4) is 0 Å². The van der Waals surface area contributed by atoms with Crippen molar-refractivity contribution in [3.63, 3.8) is 0 Å². The Kier molecular flexibility index (Phi) is 11.1. The summed E-state index contributed by atoms with van der Waals surface area (Å²) in [5, 5.41) is 0. The molecular weight excluding hydrogens is 168 g/mol. The smallest absolute Gasteiger partial charge is 0.323 e. The molecule has 0 aliphatic carbocycles. The minimum absolute atomic E-state index is 1.50. The lowest BCUT2D eigenvalue weighted by Crippen LogP contribution is -1.69. The second kappa shape index (κ2) is 8.30. The molecule has 0 saturated carbocycles. The van der Waals surface area contributed by atoms with Gasteiger partial charge >= 0.3 is 16.5 Å². The van der Waals surface area contributed by atoms with Crippen molar-refractivity contribution in [2.45, 2.75) is 0 Å². The van der Waals surface area contributed by atoms with Crippen LogP contribution < -0.4 is 5.73 Å². The number of rotatable bonds is 2. The molecule has 0 saturated heterocycles. The minimum Gasteiger partial charge on any atom is -0.333 e. The Morgan fingerprint density at radius 1 is 1.22 bits per heavy atom. The first-order valence-corrected chi connectivity index (χ1v) is 4.37. The van der Waals surface area contributed by atoms with Gasteiger partial charge in [-0.25, -0.2) is 4.31 Å². The molecule has 0 fully saturated rings. The monoisotopic (exact) mass is 177 g/mol. The van der Waals surface area contributed by atoms with Crippen molar-refractivity contribution in [3.8, 4) is 0 Å². The second-order valence-electron chi connectivity index (χ2n) is 0.634. The molecule has 2 unspecified atom stereocenters. The third-order valence-corrected chi connectivity index (χ3v) is 1.57. The lowest BCUT2D eigenvalue weighted by molar-refractivity contribution is 0.371. The van der Waals surface area contributed by atoms with E-state index >= 15 is 0 Å². The molecule has 0 aromatic carbocycles. The summed E-state index contributed by atoms with van der Waals surface area (Å²) in [4.78, 5) is 15.4. The highest BCUT2D eigenvalue weighted by Gasteiger charge is 1.93. The van der Waals surface area contributed by atoms with Crippen LogP contribution in [-0.4, -0.2) is 16.8 Å². The van der Waals surface area contributed by atoms with Gasteiger partial charge in [-0.2, -0.15) is 0 Å². The van der Waals surface area contributed by atoms with Crippen molar-refractivity contribution in [1.29, 1.82) is 0 Å². The van der Waals surface area contributed by atoms with Crippen molar-refractivity contribution in [3.05, 3.63) is 0 Å². The Morgan fingerprint density at radius 3 is 1.44 bits per heavy atom. The average molecular weight is 177 g/mol. The Hall–Kier alpha value is 0.300. The van der Waals surface area contributed by atoms with E-state index in [1.807, 2.05) is 0 Å². The van der Waals surface area contributed by atoms with Crippen molar-refractivity contribution in [1.82, 2.24) is 0 Å². The SMILES string of the molecule is CN.O=[PH](O)O[PH](=O)O. The quantitative estimate of drug-likeness (QED) is 0.483. The van der Waals surface area contributed by atoms with Gasteiger partial charge in [-0.1, -0.05) is 0 Å². The van der Waals surface area contributed by atoms with Crippen LogP contribution in [0.2, 0.25) is 0 Å². The molecule has 4 N–H and O–H groups in total. The molecule has 8 heteroatoms. The summed E-state index contributed by atoms with van der Waals surface area (Å²) in [6, 6.07) is 0. The van der Waals surface area contributed by atoms with Gasteiger partial charge in [-0.15, -0.1) is 0 Å². The lowest BCUT2D eigenvalue weighted by Gasteiger charge is -1.86. The van der Waals surface area contributed by atoms with Gasteiger partial charge in [0.2, 0.25) is 0 Å². The Balaban J connectivity index is 0. The summed E-state index contributed by atoms with van der Waals surface area (Å²) >= 11 is 0. The van der Waals surface area contributed by atoms with Gasteiger partial charge in [0, 0.05) is 0 Å². The third-order valence-electron chi connectivity index (χ3n) is 0.175. The van der Waals surface area contributed by atoms with Crippen LogP contribution in [-0.2, 0) is 13.4 Å². The average Bonchev–Trinajstić information content (AvgIpc) is 1.68. The van der Waals surface area contributed by atoms with E-state index in [0.29, 0.717) is 0 Å². The van der Waals surface area contributed by atoms with Crippen molar-refractivity contribution in [2.75, 3.05) is 7.05 Å². The summed E-state index contributed by atoms with van der Waals surface area (Å²) in [6.45, 7) is 0. The van der Waals surface area contributed by atoms with Crippen molar-refractivity contribution >= 4 is 16.5 Å². The van der Waals surface area contributed by atoms with Gasteiger partial charge < -0.3 is 15.5 Å². The molecule has 0 radical (unpaired) electrons. The highest BCUT2D eigenvalue weighted by atomic mass is 31.2. The Bertz CT molecular complexity index is 91.1. The normalized spacial score (nSPS) is 15.1. The topological polar surface area (TPSA) is 110 Å². The molecular formula is CH9NO5P2. The molecule has 9 heavy (non-hydrogen) atoms. The fraction of sp³-hybridized carbons (Fsp3) is 1.00. The van der Waals surface area contributed by atoms with E-state index in [0.717, 1.165) is 0 Å². The largest absolute Gasteiger partial charge is 0.333 e. The highest BCUT2D eigenvalue weighted by Crippen LogP contribution is 2.30. The van der Waals surface area contributed by atoms with E-state index in [1.54, 1.807) is 0 Å². The zero-order chi connectivity index (χ0) is 7.86. The molecule has 0 heterocycles. The number of hydrogen-bond donors (Lipinski definition) is 3.